The van der Waals surface area contributed by atoms with E-state index >= 15 is 0 Å². The Morgan fingerprint density at radius 2 is 1.85 bits per heavy atom. The van der Waals surface area contributed by atoms with Gasteiger partial charge in [0.2, 0.25) is 5.82 Å². The van der Waals surface area contributed by atoms with E-state index in [0.29, 0.717) is 12.8 Å². The van der Waals surface area contributed by atoms with Crippen LogP contribution in [0.4, 0.5) is 24.8 Å². The second-order valence-corrected chi connectivity index (χ2v) is 4.98. The Morgan fingerprint density at radius 1 is 1.25 bits per heavy atom. The Hall–Kier alpha value is -1.57. The van der Waals surface area contributed by atoms with Crippen LogP contribution in [0.15, 0.2) is 6.07 Å². The fraction of sp³-hybridized carbons (Fsp3) is 0.667. The number of anilines is 2. The minimum atomic E-state index is -4.61. The molecule has 0 atom stereocenters. The van der Waals surface area contributed by atoms with Crippen molar-refractivity contribution in [2.45, 2.75) is 37.4 Å². The van der Waals surface area contributed by atoms with Gasteiger partial charge >= 0.3 is 6.18 Å². The highest BCUT2D eigenvalue weighted by Gasteiger charge is 2.37. The smallest absolute Gasteiger partial charge is 0.394 e. The van der Waals surface area contributed by atoms with Crippen LogP contribution in [-0.4, -0.2) is 34.3 Å². The van der Waals surface area contributed by atoms with Gasteiger partial charge in [0.1, 0.15) is 11.6 Å². The molecule has 1 heterocycles. The summed E-state index contributed by atoms with van der Waals surface area (Å²) in [5.74, 6) is -1.04. The van der Waals surface area contributed by atoms with Gasteiger partial charge in [-0.15, -0.1) is 0 Å². The summed E-state index contributed by atoms with van der Waals surface area (Å²) in [6.45, 7) is -0.132. The van der Waals surface area contributed by atoms with Crippen molar-refractivity contribution >= 4 is 11.6 Å². The van der Waals surface area contributed by atoms with Crippen LogP contribution < -0.4 is 10.6 Å². The van der Waals surface area contributed by atoms with Gasteiger partial charge in [-0.3, -0.25) is 0 Å². The summed E-state index contributed by atoms with van der Waals surface area (Å²) in [5, 5.41) is 15.0. The van der Waals surface area contributed by atoms with Crippen molar-refractivity contribution in [1.82, 2.24) is 9.97 Å². The number of rotatable bonds is 4. The third-order valence-corrected chi connectivity index (χ3v) is 3.49. The van der Waals surface area contributed by atoms with E-state index in [4.69, 9.17) is 0 Å². The predicted molar refractivity (Wildman–Crippen MR) is 68.5 cm³/mol. The van der Waals surface area contributed by atoms with Crippen LogP contribution in [0.5, 0.6) is 0 Å². The fourth-order valence-electron chi connectivity index (χ4n) is 2.41. The number of aliphatic hydroxyl groups is 1. The lowest BCUT2D eigenvalue weighted by Crippen LogP contribution is -2.39. The topological polar surface area (TPSA) is 70.1 Å². The molecule has 0 saturated heterocycles. The van der Waals surface area contributed by atoms with Gasteiger partial charge in [-0.05, 0) is 12.8 Å². The van der Waals surface area contributed by atoms with Crippen molar-refractivity contribution < 1.29 is 18.3 Å². The lowest BCUT2D eigenvalue weighted by atomic mass is 9.99. The van der Waals surface area contributed by atoms with E-state index in [2.05, 4.69) is 20.6 Å². The van der Waals surface area contributed by atoms with E-state index in [1.165, 1.54) is 13.1 Å². The Balaban J connectivity index is 2.31. The number of nitrogens with one attached hydrogen (secondary N) is 2. The fourth-order valence-corrected chi connectivity index (χ4v) is 2.41. The molecule has 1 aromatic heterocycles. The molecule has 1 aliphatic rings. The first-order chi connectivity index (χ1) is 9.38. The summed E-state index contributed by atoms with van der Waals surface area (Å²) in [4.78, 5) is 6.91. The molecule has 1 fully saturated rings. The molecule has 5 nitrogen and oxygen atoms in total. The lowest BCUT2D eigenvalue weighted by Gasteiger charge is -2.29. The monoisotopic (exact) mass is 290 g/mol. The molecule has 0 amide bonds. The van der Waals surface area contributed by atoms with Crippen LogP contribution >= 0.6 is 0 Å². The molecule has 20 heavy (non-hydrogen) atoms. The van der Waals surface area contributed by atoms with E-state index in [-0.39, 0.29) is 18.2 Å². The Bertz CT molecular complexity index is 472. The van der Waals surface area contributed by atoms with Crippen molar-refractivity contribution in [3.8, 4) is 0 Å². The zero-order chi connectivity index (χ0) is 14.8. The molecule has 0 radical (unpaired) electrons. The van der Waals surface area contributed by atoms with Crippen molar-refractivity contribution in [3.63, 3.8) is 0 Å². The van der Waals surface area contributed by atoms with Crippen LogP contribution in [-0.2, 0) is 6.18 Å². The van der Waals surface area contributed by atoms with E-state index in [0.717, 1.165) is 12.8 Å². The Kier molecular flexibility index (Phi) is 4.03. The summed E-state index contributed by atoms with van der Waals surface area (Å²) < 4.78 is 38.2. The maximum Gasteiger partial charge on any atom is 0.451 e. The van der Waals surface area contributed by atoms with Gasteiger partial charge in [0.15, 0.2) is 0 Å². The van der Waals surface area contributed by atoms with Crippen LogP contribution in [0.3, 0.4) is 0 Å². The van der Waals surface area contributed by atoms with E-state index in [1.807, 2.05) is 0 Å². The van der Waals surface area contributed by atoms with Gasteiger partial charge in [-0.2, -0.15) is 13.2 Å². The van der Waals surface area contributed by atoms with E-state index < -0.39 is 17.5 Å². The maximum atomic E-state index is 12.7. The summed E-state index contributed by atoms with van der Waals surface area (Å²) in [7, 11) is 1.49. The number of nitrogens with zero attached hydrogens (tertiary/aromatic N) is 2. The molecular formula is C12H17F3N4O. The minimum absolute atomic E-state index is 0.0765. The van der Waals surface area contributed by atoms with E-state index in [1.54, 1.807) is 0 Å². The predicted octanol–water partition coefficient (Wildman–Crippen LogP) is 2.25. The quantitative estimate of drug-likeness (QED) is 0.793. The molecular weight excluding hydrogens is 273 g/mol. The van der Waals surface area contributed by atoms with Crippen LogP contribution in [0.25, 0.3) is 0 Å². The molecule has 8 heteroatoms. The average Bonchev–Trinajstić information content (AvgIpc) is 2.86. The minimum Gasteiger partial charge on any atom is -0.394 e. The van der Waals surface area contributed by atoms with Gasteiger partial charge < -0.3 is 15.7 Å². The average molecular weight is 290 g/mol. The molecule has 3 N–H and O–H groups in total. The molecule has 1 aliphatic carbocycles. The first-order valence-corrected chi connectivity index (χ1v) is 6.42. The van der Waals surface area contributed by atoms with Crippen LogP contribution in [0.1, 0.15) is 31.5 Å². The normalized spacial score (nSPS) is 18.1. The highest BCUT2D eigenvalue weighted by Crippen LogP contribution is 2.34. The molecule has 1 saturated carbocycles. The van der Waals surface area contributed by atoms with Gasteiger partial charge in [-0.25, -0.2) is 9.97 Å². The van der Waals surface area contributed by atoms with Gasteiger partial charge in [0.05, 0.1) is 12.1 Å². The van der Waals surface area contributed by atoms with E-state index in [9.17, 15) is 18.3 Å². The third-order valence-electron chi connectivity index (χ3n) is 3.49. The first kappa shape index (κ1) is 14.8. The number of aromatic nitrogens is 2. The molecule has 1 aromatic rings. The number of hydrogen-bond acceptors (Lipinski definition) is 5. The second kappa shape index (κ2) is 5.43. The van der Waals surface area contributed by atoms with Gasteiger partial charge in [0, 0.05) is 13.1 Å². The van der Waals surface area contributed by atoms with Crippen molar-refractivity contribution in [2.75, 3.05) is 24.3 Å². The number of aliphatic hydroxyl groups excluding tert-OH is 1. The number of hydrogen-bond donors (Lipinski definition) is 3. The lowest BCUT2D eigenvalue weighted by molar-refractivity contribution is -0.144. The molecule has 0 unspecified atom stereocenters. The van der Waals surface area contributed by atoms with Crippen molar-refractivity contribution in [2.24, 2.45) is 0 Å². The molecule has 0 aliphatic heterocycles. The molecule has 0 spiro atoms. The highest BCUT2D eigenvalue weighted by atomic mass is 19.4. The van der Waals surface area contributed by atoms with Crippen molar-refractivity contribution in [3.05, 3.63) is 11.9 Å². The van der Waals surface area contributed by atoms with Gasteiger partial charge in [-0.1, -0.05) is 12.8 Å². The second-order valence-electron chi connectivity index (χ2n) is 4.98. The van der Waals surface area contributed by atoms with Crippen LogP contribution in [0, 0.1) is 0 Å². The van der Waals surface area contributed by atoms with Crippen LogP contribution in [0.2, 0.25) is 0 Å². The Morgan fingerprint density at radius 3 is 2.35 bits per heavy atom. The largest absolute Gasteiger partial charge is 0.451 e. The first-order valence-electron chi connectivity index (χ1n) is 6.42. The van der Waals surface area contributed by atoms with Crippen molar-refractivity contribution in [1.29, 1.82) is 0 Å². The standard InChI is InChI=1S/C12H17F3N4O/c1-16-8-6-9(18-10(17-8)12(13,14)15)19-11(7-20)4-2-3-5-11/h6,20H,2-5,7H2,1H3,(H2,16,17,18,19). The molecule has 112 valence electrons. The molecule has 0 aromatic carbocycles. The number of halogens is 3. The summed E-state index contributed by atoms with van der Waals surface area (Å²) >= 11 is 0. The molecule has 2 rings (SSSR count). The SMILES string of the molecule is CNc1cc(NC2(CO)CCCC2)nc(C(F)(F)F)n1. The maximum absolute atomic E-state index is 12.7. The summed E-state index contributed by atoms with van der Waals surface area (Å²) in [6.07, 6.45) is -1.31. The van der Waals surface area contributed by atoms with Gasteiger partial charge in [0.25, 0.3) is 0 Å². The summed E-state index contributed by atoms with van der Waals surface area (Å²) in [5.41, 5.74) is -0.581. The summed E-state index contributed by atoms with van der Waals surface area (Å²) in [6, 6.07) is 1.41. The third kappa shape index (κ3) is 3.12. The number of alkyl halides is 3. The zero-order valence-electron chi connectivity index (χ0n) is 11.1. The molecule has 0 bridgehead atoms. The highest BCUT2D eigenvalue weighted by molar-refractivity contribution is 5.49. The Labute approximate surface area is 114 Å². The zero-order valence-corrected chi connectivity index (χ0v) is 11.1.